The van der Waals surface area contributed by atoms with Crippen molar-refractivity contribution in [1.29, 1.82) is 0 Å². The molecule has 158 valence electrons. The fraction of sp³-hybridized carbons (Fsp3) is 0.208. The van der Waals surface area contributed by atoms with Crippen molar-refractivity contribution in [3.63, 3.8) is 0 Å². The number of aryl methyl sites for hydroxylation is 2. The number of amidine groups is 1. The van der Waals surface area contributed by atoms with E-state index in [-0.39, 0.29) is 17.2 Å². The van der Waals surface area contributed by atoms with Gasteiger partial charge in [-0.25, -0.2) is 9.98 Å². The molecule has 2 aromatic carbocycles. The van der Waals surface area contributed by atoms with E-state index in [0.29, 0.717) is 11.4 Å². The van der Waals surface area contributed by atoms with E-state index in [1.807, 2.05) is 31.2 Å². The number of hydrogen-bond donors (Lipinski definition) is 4. The van der Waals surface area contributed by atoms with Gasteiger partial charge in [-0.3, -0.25) is 4.79 Å². The Morgan fingerprint density at radius 2 is 1.97 bits per heavy atom. The number of H-pyrrole nitrogens is 2. The highest BCUT2D eigenvalue weighted by molar-refractivity contribution is 6.27. The van der Waals surface area contributed by atoms with Crippen LogP contribution in [-0.4, -0.2) is 26.6 Å². The maximum Gasteiger partial charge on any atom is 0.214 e. The second-order valence-corrected chi connectivity index (χ2v) is 7.64. The van der Waals surface area contributed by atoms with Crippen LogP contribution in [-0.2, 0) is 6.42 Å². The molecule has 7 heteroatoms. The van der Waals surface area contributed by atoms with E-state index >= 15 is 0 Å². The Morgan fingerprint density at radius 3 is 2.74 bits per heavy atom. The van der Waals surface area contributed by atoms with Gasteiger partial charge in [-0.15, -0.1) is 0 Å². The molecule has 2 heterocycles. The van der Waals surface area contributed by atoms with Gasteiger partial charge in [0.1, 0.15) is 11.7 Å². The molecular formula is C24H26N6O. The lowest BCUT2D eigenvalue weighted by Crippen LogP contribution is -2.22. The molecule has 31 heavy (non-hydrogen) atoms. The van der Waals surface area contributed by atoms with Crippen molar-refractivity contribution in [3.05, 3.63) is 71.3 Å². The molecule has 0 fully saturated rings. The van der Waals surface area contributed by atoms with E-state index < -0.39 is 0 Å². The first-order valence-corrected chi connectivity index (χ1v) is 10.4. The van der Waals surface area contributed by atoms with Crippen LogP contribution in [0.5, 0.6) is 0 Å². The third-order valence-corrected chi connectivity index (χ3v) is 5.27. The summed E-state index contributed by atoms with van der Waals surface area (Å²) in [4.78, 5) is 28.2. The summed E-state index contributed by atoms with van der Waals surface area (Å²) >= 11 is 0. The van der Waals surface area contributed by atoms with Gasteiger partial charge in [-0.1, -0.05) is 25.5 Å². The monoisotopic (exact) mass is 414 g/mol. The SMILES string of the molecule is CCCCc1ccc2cc(C(=O)C(=CN)C(N)=Nc3ccc4nc(C)[nH]c4c3)[nH]c2c1. The lowest BCUT2D eigenvalue weighted by Gasteiger charge is -2.04. The Bertz CT molecular complexity index is 1320. The number of unbranched alkanes of at least 4 members (excludes halogenated alkanes) is 1. The lowest BCUT2D eigenvalue weighted by molar-refractivity contribution is 0.103. The number of benzene rings is 2. The number of aromatic amines is 2. The highest BCUT2D eigenvalue weighted by Crippen LogP contribution is 2.22. The molecule has 7 nitrogen and oxygen atoms in total. The Balaban J connectivity index is 1.61. The first kappa shape index (κ1) is 20.4. The van der Waals surface area contributed by atoms with E-state index in [1.165, 1.54) is 11.8 Å². The molecule has 0 aliphatic carbocycles. The van der Waals surface area contributed by atoms with Gasteiger partial charge in [0.05, 0.1) is 28.0 Å². The zero-order valence-electron chi connectivity index (χ0n) is 17.7. The van der Waals surface area contributed by atoms with E-state index in [4.69, 9.17) is 11.5 Å². The molecule has 4 rings (SSSR count). The normalized spacial score (nSPS) is 12.7. The summed E-state index contributed by atoms with van der Waals surface area (Å²) in [7, 11) is 0. The molecular weight excluding hydrogens is 388 g/mol. The van der Waals surface area contributed by atoms with Crippen LogP contribution in [0, 0.1) is 6.92 Å². The predicted octanol–water partition coefficient (Wildman–Crippen LogP) is 4.41. The van der Waals surface area contributed by atoms with Gasteiger partial charge in [0.25, 0.3) is 0 Å². The molecule has 0 unspecified atom stereocenters. The molecule has 0 saturated carbocycles. The van der Waals surface area contributed by atoms with Crippen molar-refractivity contribution in [2.75, 3.05) is 0 Å². The van der Waals surface area contributed by atoms with Gasteiger partial charge in [0, 0.05) is 17.1 Å². The van der Waals surface area contributed by atoms with Crippen molar-refractivity contribution in [1.82, 2.24) is 15.0 Å². The van der Waals surface area contributed by atoms with Crippen LogP contribution in [0.1, 0.15) is 41.6 Å². The van der Waals surface area contributed by atoms with Crippen LogP contribution in [0.3, 0.4) is 0 Å². The molecule has 0 spiro atoms. The van der Waals surface area contributed by atoms with E-state index in [9.17, 15) is 4.79 Å². The van der Waals surface area contributed by atoms with Gasteiger partial charge in [-0.05, 0) is 55.7 Å². The average Bonchev–Trinajstić information content (AvgIpc) is 3.34. The third-order valence-electron chi connectivity index (χ3n) is 5.27. The van der Waals surface area contributed by atoms with Gasteiger partial charge in [0.2, 0.25) is 5.78 Å². The summed E-state index contributed by atoms with van der Waals surface area (Å²) in [6.45, 7) is 4.06. The number of ketones is 1. The van der Waals surface area contributed by atoms with Crippen molar-refractivity contribution in [3.8, 4) is 0 Å². The molecule has 2 aromatic heterocycles. The number of hydrogen-bond acceptors (Lipinski definition) is 4. The number of fused-ring (bicyclic) bond motifs is 2. The van der Waals surface area contributed by atoms with Crippen LogP contribution < -0.4 is 11.5 Å². The molecule has 0 amide bonds. The summed E-state index contributed by atoms with van der Waals surface area (Å²) < 4.78 is 0. The number of nitrogens with two attached hydrogens (primary N) is 2. The van der Waals surface area contributed by atoms with Gasteiger partial charge in [-0.2, -0.15) is 0 Å². The third kappa shape index (κ3) is 4.21. The molecule has 0 radical (unpaired) electrons. The van der Waals surface area contributed by atoms with Crippen molar-refractivity contribution < 1.29 is 4.79 Å². The molecule has 6 N–H and O–H groups in total. The largest absolute Gasteiger partial charge is 0.404 e. The Hall–Kier alpha value is -3.87. The summed E-state index contributed by atoms with van der Waals surface area (Å²) in [5.41, 5.74) is 17.0. The number of imidazole rings is 1. The molecule has 0 bridgehead atoms. The maximum absolute atomic E-state index is 13.1. The molecule has 4 aromatic rings. The number of nitrogens with one attached hydrogen (secondary N) is 2. The molecule has 0 aliphatic rings. The minimum atomic E-state index is -0.298. The quantitative estimate of drug-likeness (QED) is 0.155. The van der Waals surface area contributed by atoms with E-state index in [1.54, 1.807) is 6.07 Å². The van der Waals surface area contributed by atoms with E-state index in [2.05, 4.69) is 39.0 Å². The standard InChI is InChI=1S/C24H26N6O/c1-3-4-5-15-6-7-16-11-22(30-20(16)10-15)23(31)18(13-25)24(26)29-17-8-9-19-21(12-17)28-14(2)27-19/h6-13,30H,3-5,25H2,1-2H3,(H2,26,29)(H,27,28). The van der Waals surface area contributed by atoms with Crippen LogP contribution in [0.25, 0.3) is 21.9 Å². The summed E-state index contributed by atoms with van der Waals surface area (Å²) in [6, 6.07) is 13.5. The number of Topliss-reactive ketones (excluding diaryl/α,β-unsaturated/α-hetero) is 1. The van der Waals surface area contributed by atoms with Gasteiger partial charge in [0.15, 0.2) is 0 Å². The van der Waals surface area contributed by atoms with Crippen molar-refractivity contribution >= 4 is 39.2 Å². The highest BCUT2D eigenvalue weighted by Gasteiger charge is 2.18. The predicted molar refractivity (Wildman–Crippen MR) is 126 cm³/mol. The smallest absolute Gasteiger partial charge is 0.214 e. The topological polar surface area (TPSA) is 126 Å². The van der Waals surface area contributed by atoms with Crippen molar-refractivity contribution in [2.24, 2.45) is 16.5 Å². The fourth-order valence-corrected chi connectivity index (χ4v) is 3.65. The number of aromatic nitrogens is 3. The first-order valence-electron chi connectivity index (χ1n) is 10.4. The second kappa shape index (κ2) is 8.47. The Kier molecular flexibility index (Phi) is 5.58. The molecule has 0 atom stereocenters. The number of carbonyl (C=O) groups excluding carboxylic acids is 1. The van der Waals surface area contributed by atoms with Gasteiger partial charge >= 0.3 is 0 Å². The zero-order chi connectivity index (χ0) is 22.0. The second-order valence-electron chi connectivity index (χ2n) is 7.64. The Labute approximate surface area is 180 Å². The lowest BCUT2D eigenvalue weighted by atomic mass is 10.1. The van der Waals surface area contributed by atoms with Gasteiger partial charge < -0.3 is 21.4 Å². The zero-order valence-corrected chi connectivity index (χ0v) is 17.7. The summed E-state index contributed by atoms with van der Waals surface area (Å²) in [5.74, 6) is 0.581. The Morgan fingerprint density at radius 1 is 1.13 bits per heavy atom. The highest BCUT2D eigenvalue weighted by atomic mass is 16.1. The molecule has 0 aliphatic heterocycles. The van der Waals surface area contributed by atoms with Crippen molar-refractivity contribution in [2.45, 2.75) is 33.1 Å². The summed E-state index contributed by atoms with van der Waals surface area (Å²) in [5, 5.41) is 0.968. The summed E-state index contributed by atoms with van der Waals surface area (Å²) in [6.07, 6.45) is 4.50. The van der Waals surface area contributed by atoms with Crippen LogP contribution in [0.4, 0.5) is 5.69 Å². The van der Waals surface area contributed by atoms with Crippen LogP contribution in [0.15, 0.2) is 59.2 Å². The number of aliphatic imine (C=N–C) groups is 1. The number of rotatable bonds is 7. The first-order chi connectivity index (χ1) is 15.0. The minimum Gasteiger partial charge on any atom is -0.404 e. The fourth-order valence-electron chi connectivity index (χ4n) is 3.65. The maximum atomic E-state index is 13.1. The van der Waals surface area contributed by atoms with Crippen LogP contribution >= 0.6 is 0 Å². The molecule has 0 saturated heterocycles. The number of nitrogens with zero attached hydrogens (tertiary/aromatic N) is 2. The van der Waals surface area contributed by atoms with E-state index in [0.717, 1.165) is 47.0 Å². The number of carbonyl (C=O) groups is 1. The van der Waals surface area contributed by atoms with Crippen LogP contribution in [0.2, 0.25) is 0 Å². The average molecular weight is 415 g/mol. The minimum absolute atomic E-state index is 0.0605.